The van der Waals surface area contributed by atoms with Crippen molar-refractivity contribution in [2.45, 2.75) is 38.5 Å². The molecule has 2 aromatic heterocycles. The summed E-state index contributed by atoms with van der Waals surface area (Å²) in [5.74, 6) is -1.02. The van der Waals surface area contributed by atoms with Crippen molar-refractivity contribution in [3.8, 4) is 0 Å². The number of carbonyl (C=O) groups excluding carboxylic acids is 3. The van der Waals surface area contributed by atoms with Crippen LogP contribution in [0.1, 0.15) is 34.5 Å². The summed E-state index contributed by atoms with van der Waals surface area (Å²) in [6.07, 6.45) is -0.178. The first-order valence-corrected chi connectivity index (χ1v) is 13.0. The zero-order valence-corrected chi connectivity index (χ0v) is 21.8. The number of fused-ring (bicyclic) bond motifs is 1. The maximum Gasteiger partial charge on any atom is 0.408 e. The van der Waals surface area contributed by atoms with Crippen molar-refractivity contribution in [2.24, 2.45) is 0 Å². The van der Waals surface area contributed by atoms with E-state index in [-0.39, 0.29) is 18.9 Å². The van der Waals surface area contributed by atoms with Crippen LogP contribution in [0.5, 0.6) is 0 Å². The van der Waals surface area contributed by atoms with Crippen molar-refractivity contribution < 1.29 is 23.5 Å². The molecule has 8 nitrogen and oxygen atoms in total. The predicted molar refractivity (Wildman–Crippen MR) is 140 cm³/mol. The number of hydrogen-bond donors (Lipinski definition) is 2. The van der Waals surface area contributed by atoms with Crippen LogP contribution < -0.4 is 10.6 Å². The standard InChI is InChI=1S/C26H24BrN3O5S/c1-2-18(23(31)25-29-19-10-6-7-11-21(19)35-25)28-24(32)20(14-17-12-13-22(27)36-17)30-26(33)34-15-16-8-4-3-5-9-16/h3-13,18,20H,2,14-15H2,1H3,(H,28,32)(H,30,33)/t18-,20-/m0/s1. The molecule has 0 aliphatic rings. The Kier molecular flexibility index (Phi) is 8.50. The SMILES string of the molecule is CC[C@H](NC(=O)[C@H](Cc1ccc(Br)s1)NC(=O)OCc1ccccc1)C(=O)c1nc2ccccc2o1. The van der Waals surface area contributed by atoms with Crippen molar-refractivity contribution in [2.75, 3.05) is 0 Å². The largest absolute Gasteiger partial charge is 0.445 e. The molecule has 0 aliphatic carbocycles. The van der Waals surface area contributed by atoms with E-state index in [0.29, 0.717) is 17.5 Å². The molecule has 0 fully saturated rings. The first-order valence-electron chi connectivity index (χ1n) is 11.3. The van der Waals surface area contributed by atoms with E-state index in [4.69, 9.17) is 9.15 Å². The van der Waals surface area contributed by atoms with Crippen LogP contribution in [0.25, 0.3) is 11.1 Å². The molecule has 2 heterocycles. The van der Waals surface area contributed by atoms with Gasteiger partial charge in [0.1, 0.15) is 18.2 Å². The van der Waals surface area contributed by atoms with E-state index >= 15 is 0 Å². The fourth-order valence-electron chi connectivity index (χ4n) is 3.53. The number of nitrogens with one attached hydrogen (secondary N) is 2. The summed E-state index contributed by atoms with van der Waals surface area (Å²) >= 11 is 4.87. The number of amides is 2. The van der Waals surface area contributed by atoms with Crippen LogP contribution in [0.15, 0.2) is 74.9 Å². The van der Waals surface area contributed by atoms with Crippen molar-refractivity contribution in [1.29, 1.82) is 0 Å². The summed E-state index contributed by atoms with van der Waals surface area (Å²) in [7, 11) is 0. The Bertz CT molecular complexity index is 1320. The number of para-hydroxylation sites is 2. The molecule has 2 amide bonds. The fourth-order valence-corrected chi connectivity index (χ4v) is 5.06. The number of ketones is 1. The van der Waals surface area contributed by atoms with Gasteiger partial charge in [0, 0.05) is 11.3 Å². The molecule has 186 valence electrons. The quantitative estimate of drug-likeness (QED) is 0.252. The maximum absolute atomic E-state index is 13.2. The zero-order chi connectivity index (χ0) is 25.5. The molecule has 0 saturated carbocycles. The monoisotopic (exact) mass is 569 g/mol. The van der Waals surface area contributed by atoms with Gasteiger partial charge in [0.05, 0.1) is 9.83 Å². The van der Waals surface area contributed by atoms with Crippen molar-refractivity contribution in [3.63, 3.8) is 0 Å². The normalized spacial score (nSPS) is 12.6. The number of rotatable bonds is 10. The third-order valence-electron chi connectivity index (χ3n) is 5.40. The molecule has 0 aliphatic heterocycles. The number of hydrogen-bond acceptors (Lipinski definition) is 7. The molecule has 0 spiro atoms. The number of thiophene rings is 1. The highest BCUT2D eigenvalue weighted by Gasteiger charge is 2.29. The minimum absolute atomic E-state index is 0.0688. The van der Waals surface area contributed by atoms with Crippen LogP contribution in [0.3, 0.4) is 0 Å². The Labute approximate surface area is 220 Å². The molecule has 0 saturated heterocycles. The first-order chi connectivity index (χ1) is 17.4. The zero-order valence-electron chi connectivity index (χ0n) is 19.4. The third-order valence-corrected chi connectivity index (χ3v) is 7.05. The number of halogens is 1. The molecular weight excluding hydrogens is 546 g/mol. The minimum Gasteiger partial charge on any atom is -0.445 e. The molecular formula is C26H24BrN3O5S. The number of benzene rings is 2. The van der Waals surface area contributed by atoms with Crippen LogP contribution in [0.2, 0.25) is 0 Å². The number of alkyl carbamates (subject to hydrolysis) is 1. The second-order valence-corrected chi connectivity index (χ2v) is 10.5. The van der Waals surface area contributed by atoms with E-state index in [9.17, 15) is 14.4 Å². The topological polar surface area (TPSA) is 111 Å². The van der Waals surface area contributed by atoms with Gasteiger partial charge in [-0.1, -0.05) is 49.4 Å². The number of aromatic nitrogens is 1. The van der Waals surface area contributed by atoms with Crippen LogP contribution in [0.4, 0.5) is 4.79 Å². The molecule has 4 aromatic rings. The Hall–Kier alpha value is -3.50. The second kappa shape index (κ2) is 12.0. The lowest BCUT2D eigenvalue weighted by molar-refractivity contribution is -0.123. The van der Waals surface area contributed by atoms with Crippen molar-refractivity contribution >= 4 is 56.2 Å². The molecule has 0 radical (unpaired) electrons. The molecule has 2 atom stereocenters. The highest BCUT2D eigenvalue weighted by Crippen LogP contribution is 2.23. The third kappa shape index (κ3) is 6.58. The van der Waals surface area contributed by atoms with Crippen LogP contribution in [-0.2, 0) is 22.6 Å². The van der Waals surface area contributed by atoms with Gasteiger partial charge in [0.25, 0.3) is 5.89 Å². The average Bonchev–Trinajstić information content (AvgIpc) is 3.51. The van der Waals surface area contributed by atoms with Crippen molar-refractivity contribution in [3.05, 3.63) is 86.8 Å². The van der Waals surface area contributed by atoms with Crippen LogP contribution >= 0.6 is 27.3 Å². The minimum atomic E-state index is -0.954. The lowest BCUT2D eigenvalue weighted by Gasteiger charge is -2.21. The van der Waals surface area contributed by atoms with E-state index in [1.54, 1.807) is 31.2 Å². The highest BCUT2D eigenvalue weighted by atomic mass is 79.9. The highest BCUT2D eigenvalue weighted by molar-refractivity contribution is 9.11. The van der Waals surface area contributed by atoms with Gasteiger partial charge in [-0.3, -0.25) is 9.59 Å². The van der Waals surface area contributed by atoms with E-state index in [1.165, 1.54) is 11.3 Å². The second-order valence-electron chi connectivity index (χ2n) is 7.99. The van der Waals surface area contributed by atoms with E-state index in [2.05, 4.69) is 31.5 Å². The predicted octanol–water partition coefficient (Wildman–Crippen LogP) is 5.27. The first kappa shape index (κ1) is 25.6. The number of ether oxygens (including phenoxy) is 1. The van der Waals surface area contributed by atoms with E-state index in [0.717, 1.165) is 14.2 Å². The molecule has 2 aromatic carbocycles. The lowest BCUT2D eigenvalue weighted by atomic mass is 10.1. The Morgan fingerprint density at radius 3 is 2.44 bits per heavy atom. The number of oxazole rings is 1. The van der Waals surface area contributed by atoms with Gasteiger partial charge in [-0.05, 0) is 52.2 Å². The summed E-state index contributed by atoms with van der Waals surface area (Å²) < 4.78 is 11.8. The van der Waals surface area contributed by atoms with Gasteiger partial charge in [0.2, 0.25) is 11.7 Å². The summed E-state index contributed by atoms with van der Waals surface area (Å²) in [6.45, 7) is 1.85. The summed E-state index contributed by atoms with van der Waals surface area (Å²) in [4.78, 5) is 44.0. The molecule has 2 N–H and O–H groups in total. The molecule has 0 bridgehead atoms. The van der Waals surface area contributed by atoms with Gasteiger partial charge in [-0.15, -0.1) is 11.3 Å². The van der Waals surface area contributed by atoms with Gasteiger partial charge < -0.3 is 19.8 Å². The van der Waals surface area contributed by atoms with Crippen LogP contribution in [0, 0.1) is 0 Å². The van der Waals surface area contributed by atoms with E-state index < -0.39 is 29.9 Å². The molecule has 4 rings (SSSR count). The summed E-state index contributed by atoms with van der Waals surface area (Å²) in [6, 6.07) is 18.2. The Balaban J connectivity index is 1.45. The summed E-state index contributed by atoms with van der Waals surface area (Å²) in [5, 5.41) is 5.39. The number of Topliss-reactive ketones (excluding diaryl/α,β-unsaturated/α-hetero) is 1. The summed E-state index contributed by atoms with van der Waals surface area (Å²) in [5.41, 5.74) is 1.88. The molecule has 0 unspecified atom stereocenters. The number of carbonyl (C=O) groups is 3. The Morgan fingerprint density at radius 1 is 1.00 bits per heavy atom. The molecule has 36 heavy (non-hydrogen) atoms. The van der Waals surface area contributed by atoms with Gasteiger partial charge in [0.15, 0.2) is 5.58 Å². The van der Waals surface area contributed by atoms with Gasteiger partial charge in [-0.2, -0.15) is 0 Å². The number of nitrogens with zero attached hydrogens (tertiary/aromatic N) is 1. The van der Waals surface area contributed by atoms with E-state index in [1.807, 2.05) is 42.5 Å². The Morgan fingerprint density at radius 2 is 1.75 bits per heavy atom. The maximum atomic E-state index is 13.2. The van der Waals surface area contributed by atoms with Gasteiger partial charge in [-0.25, -0.2) is 9.78 Å². The average molecular weight is 570 g/mol. The smallest absolute Gasteiger partial charge is 0.408 e. The van der Waals surface area contributed by atoms with Crippen LogP contribution in [-0.4, -0.2) is 34.9 Å². The van der Waals surface area contributed by atoms with Gasteiger partial charge >= 0.3 is 6.09 Å². The fraction of sp³-hybridized carbons (Fsp3) is 0.231. The lowest BCUT2D eigenvalue weighted by Crippen LogP contribution is -2.52. The van der Waals surface area contributed by atoms with Crippen molar-refractivity contribution in [1.82, 2.24) is 15.6 Å². The molecule has 10 heteroatoms.